The molecule has 160 valence electrons. The molecule has 2 aromatic rings. The van der Waals surface area contributed by atoms with Gasteiger partial charge < -0.3 is 18.9 Å². The largest absolute Gasteiger partial charge is 0.493 e. The molecule has 1 aliphatic heterocycles. The number of rotatable bonds is 4. The van der Waals surface area contributed by atoms with Crippen LogP contribution in [0, 0.1) is 17.1 Å². The minimum atomic E-state index is -0.859. The smallest absolute Gasteiger partial charge is 0.434 e. The van der Waals surface area contributed by atoms with Crippen LogP contribution < -0.4 is 14.2 Å². The summed E-state index contributed by atoms with van der Waals surface area (Å²) in [7, 11) is 2.61. The van der Waals surface area contributed by atoms with E-state index in [9.17, 15) is 4.79 Å². The highest BCUT2D eigenvalue weighted by molar-refractivity contribution is 8.15. The van der Waals surface area contributed by atoms with E-state index in [1.165, 1.54) is 20.3 Å². The number of fused-ring (bicyclic) bond motifs is 1. The Kier molecular flexibility index (Phi) is 7.10. The van der Waals surface area contributed by atoms with E-state index in [1.54, 1.807) is 30.5 Å². The molecule has 8 nitrogen and oxygen atoms in total. The minimum Gasteiger partial charge on any atom is -0.493 e. The maximum atomic E-state index is 15.5. The predicted octanol–water partition coefficient (Wildman–Crippen LogP) is 4.13. The number of ether oxygens (including phenoxy) is 4. The SMILES string of the molecule is COC(=O)N=C(SC)C(=Nc1ccc(C#N)cc1)c1cc(OC)c2c(c1F)OCCO2. The van der Waals surface area contributed by atoms with Crippen LogP contribution in [0.5, 0.6) is 17.2 Å². The van der Waals surface area contributed by atoms with Gasteiger partial charge in [-0.25, -0.2) is 14.2 Å². The molecule has 1 aliphatic rings. The number of aliphatic imine (C=N–C) groups is 2. The van der Waals surface area contributed by atoms with Crippen molar-refractivity contribution in [2.75, 3.05) is 33.7 Å². The van der Waals surface area contributed by atoms with E-state index >= 15 is 4.39 Å². The van der Waals surface area contributed by atoms with Crippen LogP contribution in [0.4, 0.5) is 14.9 Å². The normalized spacial score (nSPS) is 13.4. The van der Waals surface area contributed by atoms with Gasteiger partial charge in [0.05, 0.1) is 31.5 Å². The molecule has 0 aliphatic carbocycles. The quantitative estimate of drug-likeness (QED) is 0.517. The first-order valence-electron chi connectivity index (χ1n) is 8.98. The van der Waals surface area contributed by atoms with Crippen LogP contribution in [0.25, 0.3) is 0 Å². The standard InChI is InChI=1S/C21H18FN3O5S/c1-27-15-10-14(16(22)19-18(15)29-8-9-30-19)17(20(31-3)25-21(26)28-2)24-13-6-4-12(11-23)5-7-13/h4-7,10H,8-9H2,1-3H3. The van der Waals surface area contributed by atoms with Gasteiger partial charge in [-0.3, -0.25) is 0 Å². The molecule has 31 heavy (non-hydrogen) atoms. The predicted molar refractivity (Wildman–Crippen MR) is 115 cm³/mol. The number of thioether (sulfide) groups is 1. The summed E-state index contributed by atoms with van der Waals surface area (Å²) in [4.78, 5) is 20.2. The molecule has 1 heterocycles. The molecular weight excluding hydrogens is 425 g/mol. The van der Waals surface area contributed by atoms with Crippen LogP contribution in [0.1, 0.15) is 11.1 Å². The van der Waals surface area contributed by atoms with Gasteiger partial charge in [-0.2, -0.15) is 10.3 Å². The van der Waals surface area contributed by atoms with E-state index in [2.05, 4.69) is 14.7 Å². The summed E-state index contributed by atoms with van der Waals surface area (Å²) in [5, 5.41) is 9.12. The number of hydrogen-bond acceptors (Lipinski definition) is 8. The summed E-state index contributed by atoms with van der Waals surface area (Å²) in [6, 6.07) is 9.78. The first-order chi connectivity index (χ1) is 15.0. The van der Waals surface area contributed by atoms with E-state index in [0.717, 1.165) is 11.8 Å². The summed E-state index contributed by atoms with van der Waals surface area (Å²) in [6.45, 7) is 0.429. The van der Waals surface area contributed by atoms with Crippen molar-refractivity contribution in [3.63, 3.8) is 0 Å². The number of amides is 1. The third-order valence-electron chi connectivity index (χ3n) is 4.19. The number of carbonyl (C=O) groups excluding carboxylic acids is 1. The van der Waals surface area contributed by atoms with Crippen molar-refractivity contribution in [1.82, 2.24) is 0 Å². The molecule has 0 fully saturated rings. The molecule has 0 N–H and O–H groups in total. The average molecular weight is 443 g/mol. The fourth-order valence-electron chi connectivity index (χ4n) is 2.76. The Labute approximate surface area is 182 Å². The lowest BCUT2D eigenvalue weighted by atomic mass is 10.1. The molecule has 10 heteroatoms. The van der Waals surface area contributed by atoms with E-state index < -0.39 is 11.9 Å². The van der Waals surface area contributed by atoms with Gasteiger partial charge in [-0.05, 0) is 36.6 Å². The van der Waals surface area contributed by atoms with E-state index in [4.69, 9.17) is 19.5 Å². The van der Waals surface area contributed by atoms with Crippen molar-refractivity contribution >= 4 is 34.3 Å². The van der Waals surface area contributed by atoms with E-state index in [-0.39, 0.29) is 46.8 Å². The molecule has 0 bridgehead atoms. The Balaban J connectivity index is 2.25. The average Bonchev–Trinajstić information content (AvgIpc) is 2.82. The van der Waals surface area contributed by atoms with Gasteiger partial charge in [0, 0.05) is 5.56 Å². The van der Waals surface area contributed by atoms with Crippen LogP contribution in [-0.2, 0) is 4.74 Å². The van der Waals surface area contributed by atoms with Crippen LogP contribution in [0.3, 0.4) is 0 Å². The lowest BCUT2D eigenvalue weighted by Crippen LogP contribution is -2.21. The fraction of sp³-hybridized carbons (Fsp3) is 0.238. The number of nitriles is 1. The Morgan fingerprint density at radius 1 is 1.19 bits per heavy atom. The molecule has 0 unspecified atom stereocenters. The van der Waals surface area contributed by atoms with Crippen molar-refractivity contribution in [2.45, 2.75) is 0 Å². The number of methoxy groups -OCH3 is 2. The lowest BCUT2D eigenvalue weighted by Gasteiger charge is -2.22. The van der Waals surface area contributed by atoms with Crippen molar-refractivity contribution in [3.05, 3.63) is 47.3 Å². The molecular formula is C21H18FN3O5S. The first kappa shape index (κ1) is 22.1. The summed E-state index contributed by atoms with van der Waals surface area (Å²) < 4.78 is 36.4. The molecule has 0 spiro atoms. The number of hydrogen-bond donors (Lipinski definition) is 0. The minimum absolute atomic E-state index is 0.00228. The zero-order chi connectivity index (χ0) is 22.4. The molecule has 3 rings (SSSR count). The number of halogens is 1. The van der Waals surface area contributed by atoms with Gasteiger partial charge >= 0.3 is 6.09 Å². The van der Waals surface area contributed by atoms with Crippen molar-refractivity contribution in [3.8, 4) is 23.3 Å². The third-order valence-corrected chi connectivity index (χ3v) is 4.86. The fourth-order valence-corrected chi connectivity index (χ4v) is 3.27. The number of benzene rings is 2. The first-order valence-corrected chi connectivity index (χ1v) is 10.2. The molecule has 2 aromatic carbocycles. The van der Waals surface area contributed by atoms with Gasteiger partial charge in [0.25, 0.3) is 0 Å². The van der Waals surface area contributed by atoms with Gasteiger partial charge in [-0.1, -0.05) is 0 Å². The second-order valence-electron chi connectivity index (χ2n) is 6.01. The van der Waals surface area contributed by atoms with Crippen molar-refractivity contribution in [1.29, 1.82) is 5.26 Å². The highest BCUT2D eigenvalue weighted by atomic mass is 32.2. The molecule has 0 saturated heterocycles. The highest BCUT2D eigenvalue weighted by Gasteiger charge is 2.28. The van der Waals surface area contributed by atoms with Gasteiger partial charge in [0.15, 0.2) is 11.6 Å². The second kappa shape index (κ2) is 9.95. The topological polar surface area (TPSA) is 103 Å². The van der Waals surface area contributed by atoms with Crippen molar-refractivity contribution in [2.24, 2.45) is 9.98 Å². The van der Waals surface area contributed by atoms with Crippen molar-refractivity contribution < 1.29 is 28.1 Å². The third kappa shape index (κ3) is 4.78. The summed E-state index contributed by atoms with van der Waals surface area (Å²) >= 11 is 1.09. The highest BCUT2D eigenvalue weighted by Crippen LogP contribution is 2.43. The van der Waals surface area contributed by atoms with Crippen LogP contribution >= 0.6 is 11.8 Å². The van der Waals surface area contributed by atoms with E-state index in [1.807, 2.05) is 6.07 Å². The maximum Gasteiger partial charge on any atom is 0.434 e. The second-order valence-corrected chi connectivity index (χ2v) is 6.80. The molecule has 0 saturated carbocycles. The molecule has 0 aromatic heterocycles. The van der Waals surface area contributed by atoms with Gasteiger partial charge in [0.1, 0.15) is 24.0 Å². The molecule has 1 amide bonds. The Bertz CT molecular complexity index is 1090. The maximum absolute atomic E-state index is 15.5. The zero-order valence-corrected chi connectivity index (χ0v) is 17.8. The van der Waals surface area contributed by atoms with Gasteiger partial charge in [0.2, 0.25) is 11.5 Å². The Morgan fingerprint density at radius 3 is 2.45 bits per heavy atom. The summed E-state index contributed by atoms with van der Waals surface area (Å²) in [5.74, 6) is -0.429. The zero-order valence-electron chi connectivity index (χ0n) is 17.0. The lowest BCUT2D eigenvalue weighted by molar-refractivity contribution is 0.158. The molecule has 0 atom stereocenters. The van der Waals surface area contributed by atoms with Gasteiger partial charge in [-0.15, -0.1) is 11.8 Å². The number of nitrogens with zero attached hydrogens (tertiary/aromatic N) is 3. The number of carbonyl (C=O) groups is 1. The van der Waals surface area contributed by atoms with Crippen LogP contribution in [-0.4, -0.2) is 50.5 Å². The van der Waals surface area contributed by atoms with E-state index in [0.29, 0.717) is 11.3 Å². The Hall–Kier alpha value is -3.58. The van der Waals surface area contributed by atoms with Crippen LogP contribution in [0.15, 0.2) is 40.3 Å². The monoisotopic (exact) mass is 443 g/mol. The Morgan fingerprint density at radius 2 is 1.87 bits per heavy atom. The molecule has 0 radical (unpaired) electrons. The van der Waals surface area contributed by atoms with Crippen LogP contribution in [0.2, 0.25) is 0 Å². The summed E-state index contributed by atoms with van der Waals surface area (Å²) in [5.41, 5.74) is 0.938. The summed E-state index contributed by atoms with van der Waals surface area (Å²) in [6.07, 6.45) is 0.810.